The van der Waals surface area contributed by atoms with Gasteiger partial charge in [-0.25, -0.2) is 0 Å². The molecule has 2 aliphatic heterocycles. The highest BCUT2D eigenvalue weighted by Gasteiger charge is 2.26. The van der Waals surface area contributed by atoms with Gasteiger partial charge in [-0.05, 0) is 35.7 Å². The number of furan rings is 1. The number of hydrogen-bond donors (Lipinski definition) is 0. The average Bonchev–Trinajstić information content (AvgIpc) is 3.18. The quantitative estimate of drug-likeness (QED) is 0.608. The topological polar surface area (TPSA) is 79.8 Å². The molecule has 1 fully saturated rings. The number of anilines is 1. The molecule has 0 atom stereocenters. The molecule has 1 aromatic carbocycles. The fourth-order valence-corrected chi connectivity index (χ4v) is 4.33. The third kappa shape index (κ3) is 3.29. The molecule has 0 N–H and O–H groups in total. The molecule has 7 nitrogen and oxygen atoms in total. The number of amides is 1. The van der Waals surface area contributed by atoms with Crippen molar-refractivity contribution < 1.29 is 14.1 Å². The Labute approximate surface area is 155 Å². The molecular weight excluding hydrogens is 354 g/mol. The highest BCUT2D eigenvalue weighted by atomic mass is 32.2. The Bertz CT molecular complexity index is 845. The highest BCUT2D eigenvalue weighted by Crippen LogP contribution is 2.27. The van der Waals surface area contributed by atoms with Gasteiger partial charge in [0.05, 0.1) is 6.07 Å². The van der Waals surface area contributed by atoms with Crippen molar-refractivity contribution in [3.8, 4) is 0 Å². The van der Waals surface area contributed by atoms with Gasteiger partial charge in [0.2, 0.25) is 0 Å². The molecule has 26 heavy (non-hydrogen) atoms. The first-order valence-corrected chi connectivity index (χ1v) is 9.75. The van der Waals surface area contributed by atoms with Crippen LogP contribution in [0.5, 0.6) is 0 Å². The van der Waals surface area contributed by atoms with Crippen LogP contribution in [0.1, 0.15) is 21.7 Å². The molecule has 1 saturated heterocycles. The van der Waals surface area contributed by atoms with Gasteiger partial charge < -0.3 is 14.2 Å². The molecule has 136 valence electrons. The summed E-state index contributed by atoms with van der Waals surface area (Å²) in [5.41, 5.74) is 3.65. The molecule has 0 radical (unpaired) electrons. The van der Waals surface area contributed by atoms with Crippen molar-refractivity contribution in [1.82, 2.24) is 4.90 Å². The summed E-state index contributed by atoms with van der Waals surface area (Å²) < 4.78 is 5.05. The third-order valence-electron chi connectivity index (χ3n) is 4.85. The fraction of sp³-hybridized carbons (Fsp3) is 0.389. The van der Waals surface area contributed by atoms with Gasteiger partial charge in [-0.2, -0.15) is 11.8 Å². The van der Waals surface area contributed by atoms with Crippen LogP contribution in [0.4, 0.5) is 11.6 Å². The van der Waals surface area contributed by atoms with Crippen LogP contribution in [0.15, 0.2) is 34.7 Å². The Balaban J connectivity index is 1.48. The van der Waals surface area contributed by atoms with Crippen molar-refractivity contribution in [2.24, 2.45) is 0 Å². The standard InChI is InChI=1S/C18H19N3O4S/c22-18(16-3-4-17(25-16)21(23)24)20-6-5-13-11-15(2-1-14(13)12-20)19-7-9-26-10-8-19/h1-4,11H,5-10,12H2. The zero-order chi connectivity index (χ0) is 18.1. The van der Waals surface area contributed by atoms with E-state index in [2.05, 4.69) is 23.1 Å². The lowest BCUT2D eigenvalue weighted by molar-refractivity contribution is -0.402. The molecule has 8 heteroatoms. The van der Waals surface area contributed by atoms with Crippen molar-refractivity contribution in [3.63, 3.8) is 0 Å². The number of carbonyl (C=O) groups is 1. The van der Waals surface area contributed by atoms with Crippen LogP contribution < -0.4 is 4.90 Å². The van der Waals surface area contributed by atoms with E-state index in [1.807, 2.05) is 11.8 Å². The fourth-order valence-electron chi connectivity index (χ4n) is 3.43. The molecule has 0 unspecified atom stereocenters. The van der Waals surface area contributed by atoms with Gasteiger partial charge in [0.1, 0.15) is 4.92 Å². The van der Waals surface area contributed by atoms with E-state index in [0.29, 0.717) is 13.1 Å². The summed E-state index contributed by atoms with van der Waals surface area (Å²) in [6.45, 7) is 3.23. The van der Waals surface area contributed by atoms with Crippen LogP contribution >= 0.6 is 11.8 Å². The van der Waals surface area contributed by atoms with Crippen LogP contribution in [-0.2, 0) is 13.0 Å². The van der Waals surface area contributed by atoms with Gasteiger partial charge in [0.25, 0.3) is 5.91 Å². The predicted octanol–water partition coefficient (Wildman–Crippen LogP) is 2.94. The number of carbonyl (C=O) groups excluding carboxylic acids is 1. The van der Waals surface area contributed by atoms with E-state index in [-0.39, 0.29) is 11.7 Å². The Morgan fingerprint density at radius 3 is 2.65 bits per heavy atom. The number of benzene rings is 1. The van der Waals surface area contributed by atoms with E-state index < -0.39 is 10.8 Å². The molecule has 0 spiro atoms. The summed E-state index contributed by atoms with van der Waals surface area (Å²) >= 11 is 1.99. The first kappa shape index (κ1) is 17.0. The number of rotatable bonds is 3. The number of fused-ring (bicyclic) bond motifs is 1. The summed E-state index contributed by atoms with van der Waals surface area (Å²) in [6.07, 6.45) is 0.778. The van der Waals surface area contributed by atoms with Crippen LogP contribution in [-0.4, -0.2) is 46.9 Å². The van der Waals surface area contributed by atoms with Crippen molar-refractivity contribution in [2.75, 3.05) is 36.0 Å². The maximum Gasteiger partial charge on any atom is 0.433 e. The van der Waals surface area contributed by atoms with Crippen LogP contribution in [0.3, 0.4) is 0 Å². The van der Waals surface area contributed by atoms with Crippen LogP contribution in [0.25, 0.3) is 0 Å². The molecule has 1 amide bonds. The Hall–Kier alpha value is -2.48. The molecule has 0 aliphatic carbocycles. The zero-order valence-electron chi connectivity index (χ0n) is 14.2. The molecule has 3 heterocycles. The minimum Gasteiger partial charge on any atom is -0.395 e. The minimum absolute atomic E-state index is 0.0163. The molecule has 4 rings (SSSR count). The molecular formula is C18H19N3O4S. The van der Waals surface area contributed by atoms with Crippen LogP contribution in [0.2, 0.25) is 0 Å². The second kappa shape index (κ2) is 7.03. The lowest BCUT2D eigenvalue weighted by Gasteiger charge is -2.32. The average molecular weight is 373 g/mol. The normalized spacial score (nSPS) is 17.1. The lowest BCUT2D eigenvalue weighted by Crippen LogP contribution is -2.36. The van der Waals surface area contributed by atoms with Crippen molar-refractivity contribution in [3.05, 3.63) is 57.3 Å². The monoisotopic (exact) mass is 373 g/mol. The van der Waals surface area contributed by atoms with Crippen molar-refractivity contribution in [2.45, 2.75) is 13.0 Å². The van der Waals surface area contributed by atoms with E-state index in [4.69, 9.17) is 4.42 Å². The maximum absolute atomic E-state index is 12.6. The Morgan fingerprint density at radius 1 is 1.12 bits per heavy atom. The maximum atomic E-state index is 12.6. The Morgan fingerprint density at radius 2 is 1.92 bits per heavy atom. The molecule has 2 aromatic rings. The summed E-state index contributed by atoms with van der Waals surface area (Å²) in [5, 5.41) is 10.7. The summed E-state index contributed by atoms with van der Waals surface area (Å²) in [4.78, 5) is 26.7. The van der Waals surface area contributed by atoms with Gasteiger partial charge in [-0.3, -0.25) is 14.9 Å². The summed E-state index contributed by atoms with van der Waals surface area (Å²) in [7, 11) is 0. The van der Waals surface area contributed by atoms with Crippen molar-refractivity contribution >= 4 is 29.2 Å². The zero-order valence-corrected chi connectivity index (χ0v) is 15.0. The number of nitro groups is 1. The lowest BCUT2D eigenvalue weighted by atomic mass is 9.98. The van der Waals surface area contributed by atoms with E-state index in [0.717, 1.165) is 36.6 Å². The molecule has 0 bridgehead atoms. The second-order valence-corrected chi connectivity index (χ2v) is 7.65. The molecule has 0 saturated carbocycles. The summed E-state index contributed by atoms with van der Waals surface area (Å²) in [5.74, 6) is 1.63. The summed E-state index contributed by atoms with van der Waals surface area (Å²) in [6, 6.07) is 9.05. The van der Waals surface area contributed by atoms with Gasteiger partial charge in [-0.1, -0.05) is 6.07 Å². The van der Waals surface area contributed by atoms with Crippen molar-refractivity contribution in [1.29, 1.82) is 0 Å². The van der Waals surface area contributed by atoms with Gasteiger partial charge in [0, 0.05) is 43.4 Å². The SMILES string of the molecule is O=C(c1ccc([N+](=O)[O-])o1)N1CCc2cc(N3CCSCC3)ccc2C1. The second-order valence-electron chi connectivity index (χ2n) is 6.42. The third-order valence-corrected chi connectivity index (χ3v) is 5.79. The first-order valence-electron chi connectivity index (χ1n) is 8.60. The Kier molecular flexibility index (Phi) is 4.58. The van der Waals surface area contributed by atoms with E-state index in [9.17, 15) is 14.9 Å². The number of hydrogen-bond acceptors (Lipinski definition) is 6. The largest absolute Gasteiger partial charge is 0.433 e. The van der Waals surface area contributed by atoms with E-state index in [1.165, 1.54) is 23.4 Å². The van der Waals surface area contributed by atoms with E-state index >= 15 is 0 Å². The number of nitrogens with zero attached hydrogens (tertiary/aromatic N) is 3. The van der Waals surface area contributed by atoms with Gasteiger partial charge in [-0.15, -0.1) is 0 Å². The number of thioether (sulfide) groups is 1. The highest BCUT2D eigenvalue weighted by molar-refractivity contribution is 7.99. The van der Waals surface area contributed by atoms with E-state index in [1.54, 1.807) is 4.90 Å². The van der Waals surface area contributed by atoms with Gasteiger partial charge in [0.15, 0.2) is 5.76 Å². The molecule has 2 aliphatic rings. The van der Waals surface area contributed by atoms with Gasteiger partial charge >= 0.3 is 5.88 Å². The first-order chi connectivity index (χ1) is 12.6. The minimum atomic E-state index is -0.636. The van der Waals surface area contributed by atoms with Crippen LogP contribution in [0, 0.1) is 10.1 Å². The predicted molar refractivity (Wildman–Crippen MR) is 99.8 cm³/mol. The smallest absolute Gasteiger partial charge is 0.395 e. The molecule has 1 aromatic heterocycles.